The lowest BCUT2D eigenvalue weighted by atomic mass is 9.85. The summed E-state index contributed by atoms with van der Waals surface area (Å²) in [5.41, 5.74) is 0. The second-order valence-corrected chi connectivity index (χ2v) is 7.26. The number of carbonyl (C=O) groups is 1. The SMILES string of the molecule is O=C(CCC1OCCO1)C1CC2CCCC(C1)S2. The molecule has 18 heavy (non-hydrogen) atoms. The van der Waals surface area contributed by atoms with Crippen LogP contribution in [0.25, 0.3) is 0 Å². The minimum Gasteiger partial charge on any atom is -0.350 e. The molecule has 0 aromatic carbocycles. The molecule has 3 aliphatic rings. The van der Waals surface area contributed by atoms with Crippen LogP contribution in [0.2, 0.25) is 0 Å². The normalized spacial score (nSPS) is 36.8. The Morgan fingerprint density at radius 2 is 1.78 bits per heavy atom. The molecule has 2 atom stereocenters. The first kappa shape index (κ1) is 12.9. The van der Waals surface area contributed by atoms with E-state index in [-0.39, 0.29) is 6.29 Å². The van der Waals surface area contributed by atoms with Gasteiger partial charge in [0.05, 0.1) is 13.2 Å². The summed E-state index contributed by atoms with van der Waals surface area (Å²) in [6.45, 7) is 1.37. The van der Waals surface area contributed by atoms with Gasteiger partial charge in [-0.15, -0.1) is 0 Å². The van der Waals surface area contributed by atoms with E-state index in [0.29, 0.717) is 31.3 Å². The maximum absolute atomic E-state index is 12.3. The third-order valence-electron chi connectivity index (χ3n) is 4.30. The second kappa shape index (κ2) is 5.93. The summed E-state index contributed by atoms with van der Waals surface area (Å²) in [4.78, 5) is 12.3. The van der Waals surface area contributed by atoms with Gasteiger partial charge < -0.3 is 9.47 Å². The van der Waals surface area contributed by atoms with Crippen LogP contribution in [0.15, 0.2) is 0 Å². The summed E-state index contributed by atoms with van der Waals surface area (Å²) >= 11 is 2.14. The van der Waals surface area contributed by atoms with E-state index in [1.54, 1.807) is 0 Å². The van der Waals surface area contributed by atoms with E-state index >= 15 is 0 Å². The van der Waals surface area contributed by atoms with Gasteiger partial charge in [-0.2, -0.15) is 11.8 Å². The molecule has 2 unspecified atom stereocenters. The number of ketones is 1. The molecule has 2 bridgehead atoms. The maximum atomic E-state index is 12.3. The third kappa shape index (κ3) is 3.09. The van der Waals surface area contributed by atoms with E-state index < -0.39 is 0 Å². The molecule has 3 heterocycles. The van der Waals surface area contributed by atoms with Crippen molar-refractivity contribution in [3.05, 3.63) is 0 Å². The van der Waals surface area contributed by atoms with Gasteiger partial charge in [0.15, 0.2) is 6.29 Å². The van der Waals surface area contributed by atoms with Crippen LogP contribution in [-0.2, 0) is 14.3 Å². The van der Waals surface area contributed by atoms with Crippen LogP contribution >= 0.6 is 11.8 Å². The Kier molecular flexibility index (Phi) is 4.27. The van der Waals surface area contributed by atoms with Crippen molar-refractivity contribution in [1.29, 1.82) is 0 Å². The lowest BCUT2D eigenvalue weighted by Crippen LogP contribution is -2.33. The van der Waals surface area contributed by atoms with Crippen molar-refractivity contribution in [2.75, 3.05) is 13.2 Å². The summed E-state index contributed by atoms with van der Waals surface area (Å²) in [6.07, 6.45) is 7.51. The highest BCUT2D eigenvalue weighted by atomic mass is 32.2. The van der Waals surface area contributed by atoms with Gasteiger partial charge in [-0.05, 0) is 25.7 Å². The summed E-state index contributed by atoms with van der Waals surface area (Å²) in [6, 6.07) is 0. The van der Waals surface area contributed by atoms with Gasteiger partial charge in [-0.25, -0.2) is 0 Å². The van der Waals surface area contributed by atoms with E-state index in [9.17, 15) is 4.79 Å². The molecule has 3 aliphatic heterocycles. The standard InChI is InChI=1S/C14H22O3S/c15-13(4-5-14-16-6-7-17-14)10-8-11-2-1-3-12(9-10)18-11/h10-12,14H,1-9H2. The van der Waals surface area contributed by atoms with Gasteiger partial charge >= 0.3 is 0 Å². The Hall–Kier alpha value is -0.0600. The smallest absolute Gasteiger partial charge is 0.158 e. The zero-order valence-corrected chi connectivity index (χ0v) is 11.6. The average molecular weight is 270 g/mol. The van der Waals surface area contributed by atoms with Crippen LogP contribution in [0.3, 0.4) is 0 Å². The Morgan fingerprint density at radius 3 is 2.44 bits per heavy atom. The molecule has 0 N–H and O–H groups in total. The number of fused-ring (bicyclic) bond motifs is 2. The van der Waals surface area contributed by atoms with Crippen molar-refractivity contribution >= 4 is 17.5 Å². The molecule has 3 saturated heterocycles. The highest BCUT2D eigenvalue weighted by Gasteiger charge is 2.35. The Morgan fingerprint density at radius 1 is 1.11 bits per heavy atom. The topological polar surface area (TPSA) is 35.5 Å². The van der Waals surface area contributed by atoms with E-state index in [1.807, 2.05) is 0 Å². The molecule has 4 heteroatoms. The van der Waals surface area contributed by atoms with Gasteiger partial charge in [0.2, 0.25) is 0 Å². The van der Waals surface area contributed by atoms with Crippen LogP contribution in [0.1, 0.15) is 44.9 Å². The average Bonchev–Trinajstić information content (AvgIpc) is 2.88. The Balaban J connectivity index is 1.46. The molecule has 3 fully saturated rings. The van der Waals surface area contributed by atoms with Gasteiger partial charge in [0, 0.05) is 29.3 Å². The van der Waals surface area contributed by atoms with Crippen LogP contribution in [0, 0.1) is 5.92 Å². The number of ether oxygens (including phenoxy) is 2. The number of hydrogen-bond donors (Lipinski definition) is 0. The summed E-state index contributed by atoms with van der Waals surface area (Å²) < 4.78 is 10.8. The fraction of sp³-hybridized carbons (Fsp3) is 0.929. The quantitative estimate of drug-likeness (QED) is 0.787. The molecule has 3 rings (SSSR count). The van der Waals surface area contributed by atoms with Crippen molar-refractivity contribution in [1.82, 2.24) is 0 Å². The monoisotopic (exact) mass is 270 g/mol. The minimum absolute atomic E-state index is 0.119. The van der Waals surface area contributed by atoms with Crippen molar-refractivity contribution in [2.24, 2.45) is 5.92 Å². The largest absolute Gasteiger partial charge is 0.350 e. The minimum atomic E-state index is -0.119. The highest BCUT2D eigenvalue weighted by molar-refractivity contribution is 8.00. The number of thioether (sulfide) groups is 1. The molecule has 0 aliphatic carbocycles. The van der Waals surface area contributed by atoms with E-state index in [0.717, 1.165) is 29.8 Å². The van der Waals surface area contributed by atoms with E-state index in [1.165, 1.54) is 19.3 Å². The number of Topliss-reactive ketones (excluding diaryl/α,β-unsaturated/α-hetero) is 1. The number of hydrogen-bond acceptors (Lipinski definition) is 4. The number of rotatable bonds is 4. The van der Waals surface area contributed by atoms with E-state index in [2.05, 4.69) is 11.8 Å². The molecular weight excluding hydrogens is 248 g/mol. The third-order valence-corrected chi connectivity index (χ3v) is 5.93. The zero-order chi connectivity index (χ0) is 12.4. The first-order valence-electron chi connectivity index (χ1n) is 7.22. The zero-order valence-electron chi connectivity index (χ0n) is 10.8. The van der Waals surface area contributed by atoms with Gasteiger partial charge in [-0.1, -0.05) is 6.42 Å². The van der Waals surface area contributed by atoms with E-state index in [4.69, 9.17) is 9.47 Å². The molecular formula is C14H22O3S. The van der Waals surface area contributed by atoms with Gasteiger partial charge in [-0.3, -0.25) is 4.79 Å². The molecule has 0 amide bonds. The second-order valence-electron chi connectivity index (χ2n) is 5.66. The van der Waals surface area contributed by atoms with Crippen LogP contribution in [0.5, 0.6) is 0 Å². The molecule has 0 spiro atoms. The fourth-order valence-corrected chi connectivity index (χ4v) is 5.20. The van der Waals surface area contributed by atoms with Crippen LogP contribution in [-0.4, -0.2) is 35.8 Å². The van der Waals surface area contributed by atoms with Crippen molar-refractivity contribution in [2.45, 2.75) is 61.7 Å². The predicted molar refractivity (Wildman–Crippen MR) is 71.7 cm³/mol. The molecule has 0 aromatic rings. The van der Waals surface area contributed by atoms with Crippen molar-refractivity contribution < 1.29 is 14.3 Å². The molecule has 0 aromatic heterocycles. The number of carbonyl (C=O) groups excluding carboxylic acids is 1. The first-order chi connectivity index (χ1) is 8.81. The van der Waals surface area contributed by atoms with Gasteiger partial charge in [0.25, 0.3) is 0 Å². The molecule has 102 valence electrons. The van der Waals surface area contributed by atoms with Crippen molar-refractivity contribution in [3.63, 3.8) is 0 Å². The van der Waals surface area contributed by atoms with Crippen molar-refractivity contribution in [3.8, 4) is 0 Å². The molecule has 0 radical (unpaired) electrons. The predicted octanol–water partition coefficient (Wildman–Crippen LogP) is 2.77. The van der Waals surface area contributed by atoms with Crippen LogP contribution < -0.4 is 0 Å². The highest BCUT2D eigenvalue weighted by Crippen LogP contribution is 2.44. The first-order valence-corrected chi connectivity index (χ1v) is 8.17. The lowest BCUT2D eigenvalue weighted by molar-refractivity contribution is -0.125. The fourth-order valence-electron chi connectivity index (χ4n) is 3.36. The lowest BCUT2D eigenvalue weighted by Gasteiger charge is -2.38. The molecule has 0 saturated carbocycles. The summed E-state index contributed by atoms with van der Waals surface area (Å²) in [7, 11) is 0. The van der Waals surface area contributed by atoms with Crippen LogP contribution in [0.4, 0.5) is 0 Å². The van der Waals surface area contributed by atoms with Gasteiger partial charge in [0.1, 0.15) is 5.78 Å². The Labute approximate surface area is 113 Å². The summed E-state index contributed by atoms with van der Waals surface area (Å²) in [5.74, 6) is 0.772. The molecule has 3 nitrogen and oxygen atoms in total. The summed E-state index contributed by atoms with van der Waals surface area (Å²) in [5, 5.41) is 1.51. The Bertz CT molecular complexity index is 289. The maximum Gasteiger partial charge on any atom is 0.158 e.